The van der Waals surface area contributed by atoms with Crippen LogP contribution in [-0.2, 0) is 19.2 Å². The molecule has 3 N–H and O–H groups in total. The normalized spacial score (nSPS) is 18.6. The summed E-state index contributed by atoms with van der Waals surface area (Å²) in [5.41, 5.74) is 7.70. The Hall–Kier alpha value is -6.61. The molecule has 4 amide bonds. The number of halogens is 1. The number of rotatable bonds is 13. The Bertz CT molecular complexity index is 3070. The quantitative estimate of drug-likeness (QED) is 0.113. The van der Waals surface area contributed by atoms with E-state index in [1.54, 1.807) is 34.9 Å². The number of likely N-dealkylation sites (tertiary alicyclic amines) is 1. The topological polar surface area (TPSA) is 213 Å². The maximum atomic E-state index is 14.3. The van der Waals surface area contributed by atoms with Crippen molar-refractivity contribution >= 4 is 69.4 Å². The van der Waals surface area contributed by atoms with Crippen molar-refractivity contribution < 1.29 is 29.0 Å². The Balaban J connectivity index is 0.800. The number of carbonyl (C=O) groups excluding carboxylic acids is 4. The molecule has 2 aromatic carbocycles. The van der Waals surface area contributed by atoms with Crippen molar-refractivity contribution in [2.45, 2.75) is 98.5 Å². The number of aromatic nitrogens is 6. The van der Waals surface area contributed by atoms with Crippen LogP contribution in [0.25, 0.3) is 15.4 Å². The minimum atomic E-state index is -1.06. The van der Waals surface area contributed by atoms with Gasteiger partial charge in [-0.1, -0.05) is 68.8 Å². The van der Waals surface area contributed by atoms with Gasteiger partial charge in [-0.25, -0.2) is 9.97 Å². The highest BCUT2D eigenvalue weighted by atomic mass is 35.5. The lowest BCUT2D eigenvalue weighted by Crippen LogP contribution is -2.58. The Morgan fingerprint density at radius 1 is 0.918 bits per heavy atom. The number of amides is 4. The van der Waals surface area contributed by atoms with Crippen molar-refractivity contribution in [2.75, 3.05) is 44.2 Å². The van der Waals surface area contributed by atoms with E-state index in [2.05, 4.69) is 49.6 Å². The summed E-state index contributed by atoms with van der Waals surface area (Å²) in [7, 11) is 0. The summed E-state index contributed by atoms with van der Waals surface area (Å²) < 4.78 is 7.83. The fraction of sp³-hybridized carbons (Fsp3) is 0.423. The van der Waals surface area contributed by atoms with Crippen LogP contribution in [0.5, 0.6) is 6.01 Å². The highest BCUT2D eigenvalue weighted by Gasteiger charge is 2.45. The molecule has 0 bridgehead atoms. The summed E-state index contributed by atoms with van der Waals surface area (Å²) in [5, 5.41) is 27.2. The van der Waals surface area contributed by atoms with Crippen molar-refractivity contribution in [2.24, 2.45) is 10.4 Å². The Labute approximate surface area is 436 Å². The lowest BCUT2D eigenvalue weighted by atomic mass is 9.85. The van der Waals surface area contributed by atoms with E-state index in [0.717, 1.165) is 59.8 Å². The Morgan fingerprint density at radius 2 is 1.63 bits per heavy atom. The summed E-state index contributed by atoms with van der Waals surface area (Å²) in [6.07, 6.45) is 0.778. The van der Waals surface area contributed by atoms with Crippen molar-refractivity contribution in [1.29, 1.82) is 0 Å². The molecule has 5 atom stereocenters. The number of thiazole rings is 1. The second-order valence-electron chi connectivity index (χ2n) is 19.8. The molecule has 21 heteroatoms. The number of ether oxygens (including phenoxy) is 1. The monoisotopic (exact) mass is 1050 g/mol. The van der Waals surface area contributed by atoms with Crippen LogP contribution in [0.2, 0.25) is 5.02 Å². The number of aryl methyl sites for hydroxylation is 3. The van der Waals surface area contributed by atoms with E-state index in [4.69, 9.17) is 21.3 Å². The molecule has 2 fully saturated rings. The summed E-state index contributed by atoms with van der Waals surface area (Å²) in [4.78, 5) is 81.6. The number of anilines is 1. The van der Waals surface area contributed by atoms with Crippen LogP contribution >= 0.6 is 34.3 Å². The molecule has 73 heavy (non-hydrogen) atoms. The van der Waals surface area contributed by atoms with Crippen LogP contribution in [0.4, 0.5) is 5.82 Å². The van der Waals surface area contributed by atoms with Crippen LogP contribution in [0.1, 0.15) is 97.1 Å². The summed E-state index contributed by atoms with van der Waals surface area (Å²) in [6.45, 7) is 16.7. The molecule has 3 aliphatic rings. The molecule has 3 aliphatic heterocycles. The number of nitrogens with zero attached hydrogens (tertiary/aromatic N) is 10. The van der Waals surface area contributed by atoms with Crippen LogP contribution in [0.15, 0.2) is 71.3 Å². The van der Waals surface area contributed by atoms with E-state index in [9.17, 15) is 24.3 Å². The number of hydrogen-bond acceptors (Lipinski definition) is 15. The van der Waals surface area contributed by atoms with E-state index >= 15 is 0 Å². The molecular formula is C52H59ClN12O6S2. The third-order valence-corrected chi connectivity index (χ3v) is 16.1. The number of aliphatic hydroxyl groups excluding tert-OH is 1. The zero-order chi connectivity index (χ0) is 51.9. The van der Waals surface area contributed by atoms with Gasteiger partial charge in [0.05, 0.1) is 40.4 Å². The number of aliphatic imine (C=N–C) groups is 1. The first-order valence-electron chi connectivity index (χ1n) is 24.3. The number of β-amino-alcohol motifs (C(OH)–C–C–N with tert-alkyl or cyclic N) is 1. The van der Waals surface area contributed by atoms with Gasteiger partial charge in [-0.3, -0.25) is 28.7 Å². The SMILES string of the molecule is Cc1ncsc1-c1ccc([C@H](C)NC(=O)[C@@H]2C[C@@H](O)CN2C(=O)C(NC(=O)COc2nccc(N3CCN(C(=O)C[C@@H]4N=C(c5ccc(Cl)cc5)c5c(sc(C)c5C)-n5c(C)nnc54)CC3)n2)C(C)(C)C)cc1. The van der Waals surface area contributed by atoms with Crippen molar-refractivity contribution in [1.82, 2.24) is 50.1 Å². The second kappa shape index (κ2) is 21.1. The lowest BCUT2D eigenvalue weighted by Gasteiger charge is -2.36. The van der Waals surface area contributed by atoms with E-state index in [0.29, 0.717) is 42.8 Å². The van der Waals surface area contributed by atoms with Gasteiger partial charge in [0.1, 0.15) is 34.8 Å². The summed E-state index contributed by atoms with van der Waals surface area (Å²) >= 11 is 9.52. The number of piperazine rings is 1. The lowest BCUT2D eigenvalue weighted by molar-refractivity contribution is -0.144. The molecule has 0 radical (unpaired) electrons. The van der Waals surface area contributed by atoms with Gasteiger partial charge in [-0.15, -0.1) is 32.9 Å². The molecule has 2 saturated heterocycles. The zero-order valence-electron chi connectivity index (χ0n) is 42.0. The molecule has 6 aromatic rings. The Kier molecular flexibility index (Phi) is 14.8. The maximum absolute atomic E-state index is 14.3. The van der Waals surface area contributed by atoms with E-state index < -0.39 is 54.0 Å². The largest absolute Gasteiger partial charge is 0.453 e. The zero-order valence-corrected chi connectivity index (χ0v) is 44.4. The molecule has 9 rings (SSSR count). The smallest absolute Gasteiger partial charge is 0.318 e. The number of carbonyl (C=O) groups is 4. The predicted octanol–water partition coefficient (Wildman–Crippen LogP) is 6.51. The average molecular weight is 1050 g/mol. The molecule has 0 saturated carbocycles. The van der Waals surface area contributed by atoms with Crippen LogP contribution in [-0.4, -0.2) is 131 Å². The number of hydrogen-bond donors (Lipinski definition) is 3. The van der Waals surface area contributed by atoms with Gasteiger partial charge in [0.25, 0.3) is 5.91 Å². The third-order valence-electron chi connectivity index (χ3n) is 13.7. The standard InChI is InChI=1S/C52H59ClN12O6S2/c1-28-31(4)73-50-43(28)44(34-13-15-36(53)16-14-34)57-38(47-61-60-32(5)65(47)50)24-42(68)63-21-19-62(20-22-63)40-17-18-54-51(58-40)71-26-41(67)59-46(52(6,7)8)49(70)64-25-37(66)23-39(64)48(69)56-29(2)33-9-11-35(12-10-33)45-30(3)55-27-72-45/h9-18,27,29,37-39,46,66H,19-26H2,1-8H3,(H,56,69)(H,59,67)/t29-,37+,38-,39-,46?/m0/s1. The van der Waals surface area contributed by atoms with Crippen LogP contribution in [0, 0.1) is 33.1 Å². The molecule has 382 valence electrons. The van der Waals surface area contributed by atoms with Gasteiger partial charge in [0, 0.05) is 66.4 Å². The van der Waals surface area contributed by atoms with Crippen molar-refractivity contribution in [3.8, 4) is 21.5 Å². The van der Waals surface area contributed by atoms with E-state index in [1.165, 1.54) is 4.90 Å². The van der Waals surface area contributed by atoms with E-state index in [-0.39, 0.29) is 37.3 Å². The predicted molar refractivity (Wildman–Crippen MR) is 281 cm³/mol. The second-order valence-corrected chi connectivity index (χ2v) is 22.3. The molecule has 0 spiro atoms. The fourth-order valence-electron chi connectivity index (χ4n) is 9.54. The van der Waals surface area contributed by atoms with Crippen LogP contribution in [0.3, 0.4) is 0 Å². The first-order valence-corrected chi connectivity index (χ1v) is 26.4. The highest BCUT2D eigenvalue weighted by Crippen LogP contribution is 2.40. The highest BCUT2D eigenvalue weighted by molar-refractivity contribution is 7.15. The van der Waals surface area contributed by atoms with Gasteiger partial charge in [-0.2, -0.15) is 4.98 Å². The van der Waals surface area contributed by atoms with E-state index in [1.807, 2.05) is 110 Å². The molecular weight excluding hydrogens is 988 g/mol. The fourth-order valence-corrected chi connectivity index (χ4v) is 11.7. The molecule has 0 aliphatic carbocycles. The van der Waals surface area contributed by atoms with Crippen molar-refractivity contribution in [3.05, 3.63) is 116 Å². The number of thiophene rings is 1. The molecule has 18 nitrogen and oxygen atoms in total. The number of fused-ring (bicyclic) bond motifs is 3. The average Bonchev–Trinajstić information content (AvgIpc) is 4.14. The molecule has 7 heterocycles. The van der Waals surface area contributed by atoms with Gasteiger partial charge < -0.3 is 35.2 Å². The first-order chi connectivity index (χ1) is 34.8. The van der Waals surface area contributed by atoms with Crippen LogP contribution < -0.4 is 20.3 Å². The summed E-state index contributed by atoms with van der Waals surface area (Å²) in [5.74, 6) is 0.361. The van der Waals surface area contributed by atoms with Gasteiger partial charge in [-0.05, 0) is 74.9 Å². The van der Waals surface area contributed by atoms with Gasteiger partial charge in [0.15, 0.2) is 12.4 Å². The first kappa shape index (κ1) is 51.3. The minimum absolute atomic E-state index is 0.0346. The van der Waals surface area contributed by atoms with Gasteiger partial charge in [0.2, 0.25) is 17.7 Å². The molecule has 1 unspecified atom stereocenters. The number of nitrogens with one attached hydrogen (secondary N) is 2. The summed E-state index contributed by atoms with van der Waals surface area (Å²) in [6, 6.07) is 14.2. The van der Waals surface area contributed by atoms with Gasteiger partial charge >= 0.3 is 6.01 Å². The molecule has 4 aromatic heterocycles. The van der Waals surface area contributed by atoms with Crippen molar-refractivity contribution in [3.63, 3.8) is 0 Å². The number of benzene rings is 2. The minimum Gasteiger partial charge on any atom is -0.453 e. The maximum Gasteiger partial charge on any atom is 0.318 e. The number of aliphatic hydroxyl groups is 1. The third kappa shape index (κ3) is 10.9. The Morgan fingerprint density at radius 3 is 2.32 bits per heavy atom.